The summed E-state index contributed by atoms with van der Waals surface area (Å²) in [6.07, 6.45) is 1.59. The first kappa shape index (κ1) is 13.4. The van der Waals surface area contributed by atoms with Gasteiger partial charge in [-0.2, -0.15) is 0 Å². The van der Waals surface area contributed by atoms with E-state index in [0.717, 1.165) is 0 Å². The van der Waals surface area contributed by atoms with E-state index in [1.54, 1.807) is 18.4 Å². The molecular weight excluding hydrogens is 242 g/mol. The Morgan fingerprint density at radius 1 is 1.59 bits per heavy atom. The molecule has 94 valence electrons. The molecule has 0 heterocycles. The van der Waals surface area contributed by atoms with Gasteiger partial charge in [0.2, 0.25) is 0 Å². The lowest BCUT2D eigenvalue weighted by atomic mass is 10.2. The van der Waals surface area contributed by atoms with Crippen LogP contribution in [0, 0.1) is 10.1 Å². The Hall–Kier alpha value is -1.63. The molecule has 7 heteroatoms. The average Bonchev–Trinajstić information content (AvgIpc) is 2.15. The maximum absolute atomic E-state index is 11.0. The minimum Gasteiger partial charge on any atom is -0.393 e. The Morgan fingerprint density at radius 2 is 2.24 bits per heavy atom. The molecule has 0 saturated heterocycles. The van der Waals surface area contributed by atoms with Crippen LogP contribution in [-0.4, -0.2) is 27.2 Å². The van der Waals surface area contributed by atoms with Crippen LogP contribution in [0.3, 0.4) is 0 Å². The number of hydrogen-bond donors (Lipinski definition) is 2. The first-order chi connectivity index (χ1) is 7.91. The summed E-state index contributed by atoms with van der Waals surface area (Å²) in [7, 11) is -0.956. The van der Waals surface area contributed by atoms with Crippen LogP contribution < -0.4 is 11.1 Å². The van der Waals surface area contributed by atoms with Crippen LogP contribution in [0.25, 0.3) is 0 Å². The third-order valence-electron chi connectivity index (χ3n) is 2.14. The first-order valence-electron chi connectivity index (χ1n) is 5.01. The van der Waals surface area contributed by atoms with E-state index in [-0.39, 0.29) is 17.4 Å². The molecule has 1 aromatic rings. The summed E-state index contributed by atoms with van der Waals surface area (Å²) in [6.45, 7) is 1.81. The Bertz CT molecular complexity index is 450. The lowest BCUT2D eigenvalue weighted by molar-refractivity contribution is -0.383. The summed E-state index contributed by atoms with van der Waals surface area (Å²) in [4.78, 5) is 10.4. The Balaban J connectivity index is 2.94. The quantitative estimate of drug-likeness (QED) is 0.471. The van der Waals surface area contributed by atoms with E-state index in [4.69, 9.17) is 5.73 Å². The number of nitro groups is 1. The lowest BCUT2D eigenvalue weighted by Crippen LogP contribution is -2.22. The van der Waals surface area contributed by atoms with Crippen molar-refractivity contribution in [3.8, 4) is 0 Å². The third kappa shape index (κ3) is 3.70. The number of benzene rings is 1. The number of nitrogen functional groups attached to an aromatic ring is 1. The largest absolute Gasteiger partial charge is 0.393 e. The van der Waals surface area contributed by atoms with Gasteiger partial charge in [0.25, 0.3) is 0 Å². The minimum absolute atomic E-state index is 0.116. The highest BCUT2D eigenvalue weighted by atomic mass is 32.2. The molecule has 0 spiro atoms. The molecule has 0 aliphatic carbocycles. The van der Waals surface area contributed by atoms with E-state index in [1.165, 1.54) is 6.07 Å². The fourth-order valence-corrected chi connectivity index (χ4v) is 2.33. The van der Waals surface area contributed by atoms with Gasteiger partial charge in [-0.3, -0.25) is 14.3 Å². The fraction of sp³-hybridized carbons (Fsp3) is 0.400. The van der Waals surface area contributed by atoms with Crippen molar-refractivity contribution in [3.63, 3.8) is 0 Å². The number of rotatable bonds is 5. The topological polar surface area (TPSA) is 98.3 Å². The van der Waals surface area contributed by atoms with Gasteiger partial charge in [0.15, 0.2) is 0 Å². The molecule has 1 aromatic carbocycles. The number of hydrogen-bond acceptors (Lipinski definition) is 5. The maximum Gasteiger partial charge on any atom is 0.314 e. The van der Waals surface area contributed by atoms with Crippen molar-refractivity contribution in [2.24, 2.45) is 0 Å². The Labute approximate surface area is 102 Å². The van der Waals surface area contributed by atoms with Crippen molar-refractivity contribution >= 4 is 27.9 Å². The molecule has 0 bridgehead atoms. The molecule has 0 radical (unpaired) electrons. The summed E-state index contributed by atoms with van der Waals surface area (Å²) in [5, 5.41) is 13.8. The predicted molar refractivity (Wildman–Crippen MR) is 69.5 cm³/mol. The van der Waals surface area contributed by atoms with Gasteiger partial charge in [-0.15, -0.1) is 0 Å². The Morgan fingerprint density at radius 3 is 2.76 bits per heavy atom. The van der Waals surface area contributed by atoms with Crippen molar-refractivity contribution in [2.75, 3.05) is 23.1 Å². The van der Waals surface area contributed by atoms with Crippen LogP contribution in [0.1, 0.15) is 6.92 Å². The van der Waals surface area contributed by atoms with Gasteiger partial charge in [0, 0.05) is 28.9 Å². The van der Waals surface area contributed by atoms with Crippen LogP contribution in [-0.2, 0) is 10.8 Å². The maximum atomic E-state index is 11.0. The molecular formula is C10H15N3O3S. The summed E-state index contributed by atoms with van der Waals surface area (Å²) in [5.74, 6) is 0.423. The molecule has 0 saturated carbocycles. The van der Waals surface area contributed by atoms with Crippen molar-refractivity contribution < 1.29 is 9.13 Å². The zero-order valence-corrected chi connectivity index (χ0v) is 10.5. The monoisotopic (exact) mass is 257 g/mol. The number of nitrogens with zero attached hydrogens (tertiary/aromatic N) is 1. The summed E-state index contributed by atoms with van der Waals surface area (Å²) in [5.41, 5.74) is 5.89. The number of para-hydroxylation sites is 1. The van der Waals surface area contributed by atoms with E-state index in [0.29, 0.717) is 11.4 Å². The zero-order valence-electron chi connectivity index (χ0n) is 9.67. The molecule has 2 unspecified atom stereocenters. The molecule has 0 aromatic heterocycles. The van der Waals surface area contributed by atoms with Gasteiger partial charge >= 0.3 is 5.69 Å². The second kappa shape index (κ2) is 5.62. The van der Waals surface area contributed by atoms with E-state index in [1.807, 2.05) is 6.92 Å². The van der Waals surface area contributed by atoms with Gasteiger partial charge in [0.1, 0.15) is 11.4 Å². The number of anilines is 2. The third-order valence-corrected chi connectivity index (χ3v) is 3.11. The van der Waals surface area contributed by atoms with Crippen LogP contribution in [0.5, 0.6) is 0 Å². The van der Waals surface area contributed by atoms with Crippen LogP contribution in [0.15, 0.2) is 18.2 Å². The standard InChI is InChI=1S/C10H15N3O3S/c1-7(6-17(2)16)12-9-5-3-4-8(11)10(9)13(14)15/h3-5,7,12H,6,11H2,1-2H3. The molecule has 6 nitrogen and oxygen atoms in total. The molecule has 0 aliphatic rings. The molecule has 0 aliphatic heterocycles. The highest BCUT2D eigenvalue weighted by molar-refractivity contribution is 7.84. The van der Waals surface area contributed by atoms with E-state index < -0.39 is 15.7 Å². The first-order valence-corrected chi connectivity index (χ1v) is 6.74. The van der Waals surface area contributed by atoms with Gasteiger partial charge in [0.05, 0.1) is 4.92 Å². The molecule has 3 N–H and O–H groups in total. The summed E-state index contributed by atoms with van der Waals surface area (Å²) >= 11 is 0. The predicted octanol–water partition coefficient (Wildman–Crippen LogP) is 1.36. The van der Waals surface area contributed by atoms with Crippen molar-refractivity contribution in [1.29, 1.82) is 0 Å². The van der Waals surface area contributed by atoms with Gasteiger partial charge in [-0.1, -0.05) is 6.07 Å². The second-order valence-electron chi connectivity index (χ2n) is 3.79. The molecule has 0 fully saturated rings. The van der Waals surface area contributed by atoms with Crippen LogP contribution in [0.2, 0.25) is 0 Å². The van der Waals surface area contributed by atoms with Crippen molar-refractivity contribution in [3.05, 3.63) is 28.3 Å². The summed E-state index contributed by atoms with van der Waals surface area (Å²) in [6, 6.07) is 4.58. The highest BCUT2D eigenvalue weighted by Gasteiger charge is 2.18. The lowest BCUT2D eigenvalue weighted by Gasteiger charge is -2.14. The zero-order chi connectivity index (χ0) is 13.0. The smallest absolute Gasteiger partial charge is 0.314 e. The average molecular weight is 257 g/mol. The number of nitro benzene ring substituents is 1. The van der Waals surface area contributed by atoms with Crippen LogP contribution >= 0.6 is 0 Å². The normalized spacial score (nSPS) is 14.0. The Kier molecular flexibility index (Phi) is 4.45. The molecule has 1 rings (SSSR count). The minimum atomic E-state index is -0.956. The van der Waals surface area contributed by atoms with Gasteiger partial charge < -0.3 is 11.1 Å². The van der Waals surface area contributed by atoms with Crippen LogP contribution in [0.4, 0.5) is 17.1 Å². The second-order valence-corrected chi connectivity index (χ2v) is 5.27. The molecule has 17 heavy (non-hydrogen) atoms. The number of nitrogens with one attached hydrogen (secondary N) is 1. The number of nitrogens with two attached hydrogens (primary N) is 1. The summed E-state index contributed by atoms with van der Waals surface area (Å²) < 4.78 is 11.0. The van der Waals surface area contributed by atoms with Crippen molar-refractivity contribution in [2.45, 2.75) is 13.0 Å². The fourth-order valence-electron chi connectivity index (χ4n) is 1.54. The van der Waals surface area contributed by atoms with Gasteiger partial charge in [-0.25, -0.2) is 0 Å². The molecule has 0 amide bonds. The van der Waals surface area contributed by atoms with E-state index >= 15 is 0 Å². The van der Waals surface area contributed by atoms with E-state index in [2.05, 4.69) is 5.32 Å². The highest BCUT2D eigenvalue weighted by Crippen LogP contribution is 2.30. The van der Waals surface area contributed by atoms with Gasteiger partial charge in [-0.05, 0) is 19.1 Å². The SMILES string of the molecule is CC(CS(C)=O)Nc1cccc(N)c1[N+](=O)[O-]. The van der Waals surface area contributed by atoms with Crippen molar-refractivity contribution in [1.82, 2.24) is 0 Å². The molecule has 2 atom stereocenters. The van der Waals surface area contributed by atoms with E-state index in [9.17, 15) is 14.3 Å².